The molecule has 0 fully saturated rings. The van der Waals surface area contributed by atoms with Gasteiger partial charge in [0.25, 0.3) is 0 Å². The molecule has 4 nitrogen and oxygen atoms in total. The molecule has 0 amide bonds. The van der Waals surface area contributed by atoms with Gasteiger partial charge in [0.15, 0.2) is 0 Å². The molecule has 1 N–H and O–H groups in total. The number of hydrogen-bond acceptors (Lipinski definition) is 3. The maximum absolute atomic E-state index is 10.4. The first-order chi connectivity index (χ1) is 4.70. The predicted molar refractivity (Wildman–Crippen MR) is 33.9 cm³/mol. The third kappa shape index (κ3) is 6.91. The van der Waals surface area contributed by atoms with Gasteiger partial charge in [-0.1, -0.05) is 0 Å². The van der Waals surface area contributed by atoms with Gasteiger partial charge in [-0.2, -0.15) is 4.85 Å². The first kappa shape index (κ1) is 12.7. The van der Waals surface area contributed by atoms with Crippen LogP contribution in [0, 0.1) is 6.57 Å². The molecular weight excluding hydrogens is 198 g/mol. The quantitative estimate of drug-likeness (QED) is 0.239. The second-order valence-electron chi connectivity index (χ2n) is 1.37. The molecular formula is C6H7CuNO3. The van der Waals surface area contributed by atoms with Crippen molar-refractivity contribution in [2.45, 2.75) is 6.92 Å². The van der Waals surface area contributed by atoms with Gasteiger partial charge >= 0.3 is 11.9 Å². The van der Waals surface area contributed by atoms with E-state index in [4.69, 9.17) is 11.7 Å². The molecule has 0 rings (SSSR count). The Hall–Kier alpha value is -0.981. The fraction of sp³-hybridized carbons (Fsp3) is 0.333. The molecule has 0 aromatic heterocycles. The van der Waals surface area contributed by atoms with Crippen LogP contribution in [-0.2, 0) is 26.6 Å². The van der Waals surface area contributed by atoms with Crippen LogP contribution in [0.15, 0.2) is 12.0 Å². The summed E-state index contributed by atoms with van der Waals surface area (Å²) in [5, 5.41) is 8.46. The van der Waals surface area contributed by atoms with Crippen molar-refractivity contribution in [3.8, 4) is 0 Å². The van der Waals surface area contributed by atoms with Crippen molar-refractivity contribution in [3.63, 3.8) is 0 Å². The third-order valence-corrected chi connectivity index (χ3v) is 0.648. The van der Waals surface area contributed by atoms with Gasteiger partial charge in [-0.15, -0.1) is 0 Å². The fourth-order valence-electron chi connectivity index (χ4n) is 0.322. The number of rotatable bonds is 2. The predicted octanol–water partition coefficient (Wildman–Crippen LogP) is 0.866. The summed E-state index contributed by atoms with van der Waals surface area (Å²) in [7, 11) is 0. The minimum atomic E-state index is -0.698. The zero-order valence-electron chi connectivity index (χ0n) is 5.80. The van der Waals surface area contributed by atoms with Crippen LogP contribution < -0.4 is 0 Å². The summed E-state index contributed by atoms with van der Waals surface area (Å²) < 4.78 is 4.40. The largest absolute Gasteiger partial charge is 0.532 e. The van der Waals surface area contributed by atoms with Crippen molar-refractivity contribution < 1.29 is 31.7 Å². The van der Waals surface area contributed by atoms with Crippen molar-refractivity contribution in [1.29, 1.82) is 0 Å². The van der Waals surface area contributed by atoms with Crippen molar-refractivity contribution in [2.75, 3.05) is 6.61 Å². The molecule has 5 heteroatoms. The molecule has 0 aliphatic rings. The summed E-state index contributed by atoms with van der Waals surface area (Å²) in [6.45, 7) is 8.11. The summed E-state index contributed by atoms with van der Waals surface area (Å²) in [6, 6.07) is 0. The van der Waals surface area contributed by atoms with Crippen LogP contribution in [0.3, 0.4) is 0 Å². The van der Waals surface area contributed by atoms with Gasteiger partial charge in [0.05, 0.1) is 19.3 Å². The second-order valence-corrected chi connectivity index (χ2v) is 1.37. The average molecular weight is 205 g/mol. The molecule has 11 heavy (non-hydrogen) atoms. The van der Waals surface area contributed by atoms with Gasteiger partial charge in [-0.25, -0.2) is 4.79 Å². The SMILES string of the molecule is [C-]#[N+]/C(O)=C/C(=O)OCC.[Cu]. The van der Waals surface area contributed by atoms with Crippen LogP contribution in [0.4, 0.5) is 0 Å². The van der Waals surface area contributed by atoms with E-state index in [1.54, 1.807) is 6.92 Å². The van der Waals surface area contributed by atoms with E-state index in [-0.39, 0.29) is 23.7 Å². The van der Waals surface area contributed by atoms with Gasteiger partial charge in [0.1, 0.15) is 0 Å². The van der Waals surface area contributed by atoms with Crippen LogP contribution >= 0.6 is 0 Å². The third-order valence-electron chi connectivity index (χ3n) is 0.648. The van der Waals surface area contributed by atoms with Crippen LogP contribution in [0.25, 0.3) is 4.85 Å². The van der Waals surface area contributed by atoms with Crippen LogP contribution in [0.2, 0.25) is 0 Å². The number of carbonyl (C=O) groups excluding carboxylic acids is 1. The Morgan fingerprint density at radius 1 is 1.82 bits per heavy atom. The Morgan fingerprint density at radius 3 is 2.73 bits per heavy atom. The normalized spacial score (nSPS) is 9.27. The zero-order valence-corrected chi connectivity index (χ0v) is 6.74. The molecule has 0 aromatic carbocycles. The average Bonchev–Trinajstić information content (AvgIpc) is 1.88. The Bertz CT molecular complexity index is 194. The van der Waals surface area contributed by atoms with Gasteiger partial charge in [0.2, 0.25) is 0 Å². The van der Waals surface area contributed by atoms with Crippen molar-refractivity contribution in [1.82, 2.24) is 0 Å². The van der Waals surface area contributed by atoms with Gasteiger partial charge in [-0.3, -0.25) is 0 Å². The fourth-order valence-corrected chi connectivity index (χ4v) is 0.322. The standard InChI is InChI=1S/C6H7NO3.Cu/c1-3-10-6(9)4-5(8)7-2;/h4,8H,3H2,1H3;/b5-4-;. The van der Waals surface area contributed by atoms with E-state index in [0.717, 1.165) is 6.08 Å². The summed E-state index contributed by atoms with van der Waals surface area (Å²) in [4.78, 5) is 13.0. The van der Waals surface area contributed by atoms with Gasteiger partial charge in [-0.05, 0) is 6.92 Å². The van der Waals surface area contributed by atoms with Crippen molar-refractivity contribution in [2.24, 2.45) is 0 Å². The zero-order chi connectivity index (χ0) is 7.98. The van der Waals surface area contributed by atoms with E-state index in [9.17, 15) is 4.79 Å². The molecule has 0 aliphatic heterocycles. The molecule has 0 spiro atoms. The minimum Gasteiger partial charge on any atom is -0.532 e. The Balaban J connectivity index is 0. The molecule has 0 bridgehead atoms. The smallest absolute Gasteiger partial charge is 0.345 e. The van der Waals surface area contributed by atoms with E-state index >= 15 is 0 Å². The molecule has 0 aliphatic carbocycles. The Kier molecular flexibility index (Phi) is 8.22. The molecule has 0 aromatic rings. The first-order valence-corrected chi connectivity index (χ1v) is 2.65. The molecule has 1 radical (unpaired) electrons. The maximum Gasteiger partial charge on any atom is 0.345 e. The molecule has 0 saturated carbocycles. The first-order valence-electron chi connectivity index (χ1n) is 2.65. The molecule has 0 atom stereocenters. The number of aliphatic hydroxyl groups is 1. The van der Waals surface area contributed by atoms with E-state index < -0.39 is 11.9 Å². The van der Waals surface area contributed by atoms with Crippen LogP contribution in [0.1, 0.15) is 6.92 Å². The van der Waals surface area contributed by atoms with Gasteiger partial charge < -0.3 is 9.84 Å². The topological polar surface area (TPSA) is 50.9 Å². The summed E-state index contributed by atoms with van der Waals surface area (Å²) in [6.07, 6.45) is 0.733. The number of carbonyl (C=O) groups is 1. The number of aliphatic hydroxyl groups excluding tert-OH is 1. The maximum atomic E-state index is 10.4. The molecule has 0 unspecified atom stereocenters. The number of esters is 1. The minimum absolute atomic E-state index is 0. The molecule has 0 saturated heterocycles. The van der Waals surface area contributed by atoms with E-state index in [2.05, 4.69) is 9.58 Å². The van der Waals surface area contributed by atoms with Gasteiger partial charge in [0, 0.05) is 17.1 Å². The summed E-state index contributed by atoms with van der Waals surface area (Å²) in [5.41, 5.74) is 0. The van der Waals surface area contributed by atoms with Crippen LogP contribution in [0.5, 0.6) is 0 Å². The Morgan fingerprint density at radius 2 is 2.36 bits per heavy atom. The van der Waals surface area contributed by atoms with E-state index in [1.165, 1.54) is 0 Å². The summed E-state index contributed by atoms with van der Waals surface area (Å²) in [5.74, 6) is -1.35. The van der Waals surface area contributed by atoms with E-state index in [0.29, 0.717) is 0 Å². The number of nitrogens with zero attached hydrogens (tertiary/aromatic N) is 1. The second kappa shape index (κ2) is 7.13. The number of ether oxygens (including phenoxy) is 1. The van der Waals surface area contributed by atoms with E-state index in [1.807, 2.05) is 0 Å². The van der Waals surface area contributed by atoms with Crippen molar-refractivity contribution >= 4 is 5.97 Å². The van der Waals surface area contributed by atoms with Crippen molar-refractivity contribution in [3.05, 3.63) is 23.4 Å². The number of hydrogen-bond donors (Lipinski definition) is 1. The molecule has 0 heterocycles. The van der Waals surface area contributed by atoms with Crippen LogP contribution in [-0.4, -0.2) is 17.7 Å². The monoisotopic (exact) mass is 204 g/mol. The molecule has 65 valence electrons. The Labute approximate surface area is 75.1 Å². The summed E-state index contributed by atoms with van der Waals surface area (Å²) >= 11 is 0.